The van der Waals surface area contributed by atoms with Crippen molar-refractivity contribution in [3.63, 3.8) is 0 Å². The summed E-state index contributed by atoms with van der Waals surface area (Å²) in [6, 6.07) is 1.97. The van der Waals surface area contributed by atoms with Gasteiger partial charge < -0.3 is 15.5 Å². The first-order valence-electron chi connectivity index (χ1n) is 8.71. The van der Waals surface area contributed by atoms with Crippen LogP contribution in [0.1, 0.15) is 25.7 Å². The number of likely N-dealkylation sites (tertiary alicyclic amines) is 1. The van der Waals surface area contributed by atoms with E-state index in [0.717, 1.165) is 67.9 Å². The first kappa shape index (κ1) is 15.8. The van der Waals surface area contributed by atoms with E-state index in [1.165, 1.54) is 0 Å². The molecule has 6 nitrogen and oxygen atoms in total. The van der Waals surface area contributed by atoms with E-state index in [-0.39, 0.29) is 11.9 Å². The van der Waals surface area contributed by atoms with Crippen LogP contribution in [0.3, 0.4) is 0 Å². The number of amides is 1. The number of piperidine rings is 1. The summed E-state index contributed by atoms with van der Waals surface area (Å²) in [5.41, 5.74) is 5.76. The van der Waals surface area contributed by atoms with E-state index in [1.54, 1.807) is 17.7 Å². The van der Waals surface area contributed by atoms with Crippen LogP contribution < -0.4 is 10.6 Å². The molecule has 0 aliphatic carbocycles. The molecule has 2 aliphatic rings. The largest absolute Gasteiger partial charge is 0.344 e. The average molecular weight is 345 g/mol. The van der Waals surface area contributed by atoms with Gasteiger partial charge in [-0.15, -0.1) is 11.3 Å². The number of aromatic nitrogens is 2. The molecule has 2 aromatic rings. The molecule has 2 N–H and O–H groups in total. The number of hydrogen-bond donors (Lipinski definition) is 1. The lowest BCUT2D eigenvalue weighted by Gasteiger charge is -2.35. The quantitative estimate of drug-likeness (QED) is 0.919. The number of hydrogen-bond acceptors (Lipinski definition) is 6. The van der Waals surface area contributed by atoms with Crippen LogP contribution in [-0.2, 0) is 4.79 Å². The first-order chi connectivity index (χ1) is 11.8. The second-order valence-corrected chi connectivity index (χ2v) is 7.59. The maximum absolute atomic E-state index is 13.1. The number of carbonyl (C=O) groups is 1. The number of carbonyl (C=O) groups excluding carboxylic acids is 1. The van der Waals surface area contributed by atoms with Crippen molar-refractivity contribution in [2.45, 2.75) is 31.7 Å². The Morgan fingerprint density at radius 3 is 2.88 bits per heavy atom. The van der Waals surface area contributed by atoms with E-state index >= 15 is 0 Å². The molecule has 7 heteroatoms. The van der Waals surface area contributed by atoms with Gasteiger partial charge in [0.2, 0.25) is 5.91 Å². The molecular formula is C17H23N5OS. The van der Waals surface area contributed by atoms with E-state index in [0.29, 0.717) is 5.92 Å². The predicted octanol–water partition coefficient (Wildman–Crippen LogP) is 1.86. The molecule has 0 bridgehead atoms. The van der Waals surface area contributed by atoms with E-state index in [4.69, 9.17) is 5.73 Å². The van der Waals surface area contributed by atoms with Crippen molar-refractivity contribution >= 4 is 33.3 Å². The summed E-state index contributed by atoms with van der Waals surface area (Å²) < 4.78 is 0. The zero-order valence-corrected chi connectivity index (χ0v) is 14.5. The zero-order chi connectivity index (χ0) is 16.5. The molecule has 2 aromatic heterocycles. The summed E-state index contributed by atoms with van der Waals surface area (Å²) >= 11 is 1.62. The number of fused-ring (bicyclic) bond motifs is 1. The van der Waals surface area contributed by atoms with Crippen molar-refractivity contribution in [3.8, 4) is 0 Å². The van der Waals surface area contributed by atoms with Gasteiger partial charge in [0.05, 0.1) is 5.39 Å². The van der Waals surface area contributed by atoms with Gasteiger partial charge in [0, 0.05) is 19.6 Å². The van der Waals surface area contributed by atoms with Gasteiger partial charge in [-0.2, -0.15) is 0 Å². The number of thiophene rings is 1. The fourth-order valence-corrected chi connectivity index (χ4v) is 4.61. The zero-order valence-electron chi connectivity index (χ0n) is 13.7. The highest BCUT2D eigenvalue weighted by Gasteiger charge is 2.36. The lowest BCUT2D eigenvalue weighted by molar-refractivity contribution is -0.133. The third-order valence-corrected chi connectivity index (χ3v) is 6.13. The van der Waals surface area contributed by atoms with Gasteiger partial charge in [-0.25, -0.2) is 9.97 Å². The van der Waals surface area contributed by atoms with Crippen molar-refractivity contribution in [3.05, 3.63) is 17.8 Å². The Balaban J connectivity index is 1.55. The standard InChI is InChI=1S/C17H23N5OS/c18-10-12-3-7-21(8-4-12)17(23)14-2-1-6-22(14)15-13-5-9-24-16(13)20-11-19-15/h5,9,11-12,14H,1-4,6-8,10,18H2. The molecule has 1 amide bonds. The SMILES string of the molecule is NCC1CCN(C(=O)C2CCCN2c2ncnc3sccc23)CC1. The Morgan fingerprint density at radius 1 is 1.25 bits per heavy atom. The molecule has 2 saturated heterocycles. The van der Waals surface area contributed by atoms with Crippen LogP contribution in [0.15, 0.2) is 17.8 Å². The minimum Gasteiger partial charge on any atom is -0.344 e. The van der Waals surface area contributed by atoms with Crippen LogP contribution in [-0.4, -0.2) is 53.0 Å². The van der Waals surface area contributed by atoms with Crippen LogP contribution in [0.4, 0.5) is 5.82 Å². The Hall–Kier alpha value is -1.73. The third kappa shape index (κ3) is 2.75. The predicted molar refractivity (Wildman–Crippen MR) is 96.1 cm³/mol. The summed E-state index contributed by atoms with van der Waals surface area (Å²) in [5.74, 6) is 1.74. The lowest BCUT2D eigenvalue weighted by atomic mass is 9.96. The second kappa shape index (κ2) is 6.64. The number of nitrogens with zero attached hydrogens (tertiary/aromatic N) is 4. The molecule has 0 saturated carbocycles. The van der Waals surface area contributed by atoms with Crippen LogP contribution in [0, 0.1) is 5.92 Å². The molecule has 2 aliphatic heterocycles. The van der Waals surface area contributed by atoms with Gasteiger partial charge in [-0.05, 0) is 49.6 Å². The molecule has 4 heterocycles. The topological polar surface area (TPSA) is 75.3 Å². The van der Waals surface area contributed by atoms with Gasteiger partial charge in [-0.1, -0.05) is 0 Å². The molecule has 0 radical (unpaired) electrons. The summed E-state index contributed by atoms with van der Waals surface area (Å²) in [4.78, 5) is 27.1. The number of rotatable bonds is 3. The van der Waals surface area contributed by atoms with Gasteiger partial charge >= 0.3 is 0 Å². The number of nitrogens with two attached hydrogens (primary N) is 1. The van der Waals surface area contributed by atoms with Crippen LogP contribution in [0.2, 0.25) is 0 Å². The first-order valence-corrected chi connectivity index (χ1v) is 9.59. The van der Waals surface area contributed by atoms with Gasteiger partial charge in [0.25, 0.3) is 0 Å². The smallest absolute Gasteiger partial charge is 0.245 e. The van der Waals surface area contributed by atoms with E-state index in [2.05, 4.69) is 20.9 Å². The normalized spacial score (nSPS) is 22.5. The van der Waals surface area contributed by atoms with Gasteiger partial charge in [0.15, 0.2) is 0 Å². The molecule has 1 unspecified atom stereocenters. The van der Waals surface area contributed by atoms with Gasteiger partial charge in [0.1, 0.15) is 23.0 Å². The van der Waals surface area contributed by atoms with E-state index < -0.39 is 0 Å². The molecule has 24 heavy (non-hydrogen) atoms. The molecule has 0 spiro atoms. The third-order valence-electron chi connectivity index (χ3n) is 5.31. The highest BCUT2D eigenvalue weighted by atomic mass is 32.1. The Morgan fingerprint density at radius 2 is 2.08 bits per heavy atom. The summed E-state index contributed by atoms with van der Waals surface area (Å²) in [6.45, 7) is 3.29. The van der Waals surface area contributed by atoms with E-state index in [9.17, 15) is 4.79 Å². The lowest BCUT2D eigenvalue weighted by Crippen LogP contribution is -2.49. The summed E-state index contributed by atoms with van der Waals surface area (Å²) in [6.07, 6.45) is 5.60. The fraction of sp³-hybridized carbons (Fsp3) is 0.588. The fourth-order valence-electron chi connectivity index (χ4n) is 3.88. The number of anilines is 1. The van der Waals surface area contributed by atoms with Crippen molar-refractivity contribution in [1.29, 1.82) is 0 Å². The molecule has 1 atom stereocenters. The maximum atomic E-state index is 13.1. The monoisotopic (exact) mass is 345 g/mol. The highest BCUT2D eigenvalue weighted by molar-refractivity contribution is 7.16. The van der Waals surface area contributed by atoms with Crippen molar-refractivity contribution < 1.29 is 4.79 Å². The maximum Gasteiger partial charge on any atom is 0.245 e. The Labute approximate surface area is 145 Å². The van der Waals surface area contributed by atoms with Crippen LogP contribution in [0.25, 0.3) is 10.2 Å². The van der Waals surface area contributed by atoms with Gasteiger partial charge in [-0.3, -0.25) is 4.79 Å². The summed E-state index contributed by atoms with van der Waals surface area (Å²) in [7, 11) is 0. The van der Waals surface area contributed by atoms with Crippen molar-refractivity contribution in [1.82, 2.24) is 14.9 Å². The minimum absolute atomic E-state index is 0.0857. The summed E-state index contributed by atoms with van der Waals surface area (Å²) in [5, 5.41) is 3.09. The highest BCUT2D eigenvalue weighted by Crippen LogP contribution is 2.32. The Kier molecular flexibility index (Phi) is 4.37. The average Bonchev–Trinajstić information content (AvgIpc) is 3.30. The molecule has 128 valence electrons. The molecular weight excluding hydrogens is 322 g/mol. The molecule has 2 fully saturated rings. The Bertz CT molecular complexity index is 725. The molecule has 0 aromatic carbocycles. The van der Waals surface area contributed by atoms with Crippen molar-refractivity contribution in [2.75, 3.05) is 31.1 Å². The van der Waals surface area contributed by atoms with Crippen LogP contribution >= 0.6 is 11.3 Å². The second-order valence-electron chi connectivity index (χ2n) is 6.69. The van der Waals surface area contributed by atoms with E-state index in [1.807, 2.05) is 10.3 Å². The van der Waals surface area contributed by atoms with Crippen molar-refractivity contribution in [2.24, 2.45) is 11.7 Å². The minimum atomic E-state index is -0.0857. The molecule has 4 rings (SSSR count). The van der Waals surface area contributed by atoms with Crippen LogP contribution in [0.5, 0.6) is 0 Å².